The van der Waals surface area contributed by atoms with Gasteiger partial charge in [-0.25, -0.2) is 14.8 Å². The third kappa shape index (κ3) is 5.00. The van der Waals surface area contributed by atoms with Gasteiger partial charge < -0.3 is 14.6 Å². The molecule has 2 aliphatic rings. The van der Waals surface area contributed by atoms with E-state index in [9.17, 15) is 9.90 Å². The summed E-state index contributed by atoms with van der Waals surface area (Å²) < 4.78 is 13.8. The third-order valence-electron chi connectivity index (χ3n) is 8.24. The molecule has 0 aliphatic carbocycles. The Bertz CT molecular complexity index is 1570. The average Bonchev–Trinajstić information content (AvgIpc) is 3.63. The summed E-state index contributed by atoms with van der Waals surface area (Å²) in [6, 6.07) is 16.8. The Morgan fingerprint density at radius 3 is 2.80 bits per heavy atom. The van der Waals surface area contributed by atoms with Crippen LogP contribution in [0.4, 0.5) is 0 Å². The zero-order chi connectivity index (χ0) is 27.8. The summed E-state index contributed by atoms with van der Waals surface area (Å²) in [6.07, 6.45) is 3.68. The zero-order valence-corrected chi connectivity index (χ0v) is 23.2. The maximum absolute atomic E-state index is 11.5. The van der Waals surface area contributed by atoms with Gasteiger partial charge in [-0.2, -0.15) is 0 Å². The Morgan fingerprint density at radius 1 is 1.15 bits per heavy atom. The Kier molecular flexibility index (Phi) is 7.12. The molecular formula is C32H34N4O4. The van der Waals surface area contributed by atoms with Crippen molar-refractivity contribution in [1.29, 1.82) is 0 Å². The number of pyridine rings is 1. The number of aromatic nitrogens is 3. The zero-order valence-electron chi connectivity index (χ0n) is 23.2. The fraction of sp³-hybridized carbons (Fsp3) is 0.344. The summed E-state index contributed by atoms with van der Waals surface area (Å²) in [5.74, 6) is 0.305. The molecule has 40 heavy (non-hydrogen) atoms. The Balaban J connectivity index is 1.24. The highest BCUT2D eigenvalue weighted by Gasteiger charge is 2.27. The van der Waals surface area contributed by atoms with Crippen LogP contribution in [0.15, 0.2) is 54.9 Å². The van der Waals surface area contributed by atoms with Crippen LogP contribution in [-0.2, 0) is 24.3 Å². The molecule has 1 unspecified atom stereocenters. The minimum absolute atomic E-state index is 0.0208. The number of hydrogen-bond acceptors (Lipinski definition) is 6. The van der Waals surface area contributed by atoms with Gasteiger partial charge in [-0.05, 0) is 80.1 Å². The van der Waals surface area contributed by atoms with E-state index in [1.165, 1.54) is 28.6 Å². The van der Waals surface area contributed by atoms with Gasteiger partial charge in [0.25, 0.3) is 0 Å². The van der Waals surface area contributed by atoms with Gasteiger partial charge in [0.05, 0.1) is 18.0 Å². The smallest absolute Gasteiger partial charge is 0.356 e. The van der Waals surface area contributed by atoms with Crippen LogP contribution in [0.25, 0.3) is 17.1 Å². The van der Waals surface area contributed by atoms with Crippen LogP contribution in [0, 0.1) is 20.8 Å². The second-order valence-corrected chi connectivity index (χ2v) is 10.7. The van der Waals surface area contributed by atoms with E-state index in [0.717, 1.165) is 61.7 Å². The highest BCUT2D eigenvalue weighted by molar-refractivity contribution is 5.86. The molecule has 1 atom stereocenters. The second kappa shape index (κ2) is 10.9. The number of fused-ring (bicyclic) bond motifs is 1. The molecule has 6 rings (SSSR count). The van der Waals surface area contributed by atoms with Crippen molar-refractivity contribution < 1.29 is 19.4 Å². The number of carboxylic acids is 1. The van der Waals surface area contributed by atoms with Gasteiger partial charge in [0.2, 0.25) is 0 Å². The molecule has 4 aromatic rings. The van der Waals surface area contributed by atoms with Crippen LogP contribution >= 0.6 is 0 Å². The lowest BCUT2D eigenvalue weighted by molar-refractivity contribution is 0.0690. The molecule has 206 valence electrons. The van der Waals surface area contributed by atoms with E-state index < -0.39 is 5.97 Å². The number of aromatic carboxylic acids is 1. The first-order valence-corrected chi connectivity index (χ1v) is 13.8. The molecule has 0 spiro atoms. The summed E-state index contributed by atoms with van der Waals surface area (Å²) in [6.45, 7) is 10.2. The summed E-state index contributed by atoms with van der Waals surface area (Å²) in [4.78, 5) is 22.9. The molecule has 0 saturated carbocycles. The fourth-order valence-electron chi connectivity index (χ4n) is 5.87. The standard InChI is InChI=1S/C32H34N4O4/c1-20-7-10-29(27(15-20)28-5-4-6-30(34-28)36-19-33-31(22(36)3)32(37)38)40-17-24-9-8-23-16-35(25-12-14-39-18-25)13-11-26(23)21(24)2/h4-10,15,19,25H,11-14,16-18H2,1-3H3,(H,37,38). The number of rotatable bonds is 7. The number of carbonyl (C=O) groups is 1. The van der Waals surface area contributed by atoms with E-state index >= 15 is 0 Å². The van der Waals surface area contributed by atoms with Crippen LogP contribution < -0.4 is 4.74 Å². The van der Waals surface area contributed by atoms with Crippen molar-refractivity contribution in [2.24, 2.45) is 0 Å². The number of nitrogens with zero attached hydrogens (tertiary/aromatic N) is 4. The first-order chi connectivity index (χ1) is 19.4. The molecule has 0 amide bonds. The number of ether oxygens (including phenoxy) is 2. The molecule has 2 aromatic heterocycles. The molecule has 8 nitrogen and oxygen atoms in total. The van der Waals surface area contributed by atoms with Gasteiger partial charge in [-0.3, -0.25) is 9.47 Å². The van der Waals surface area contributed by atoms with Crippen molar-refractivity contribution in [3.8, 4) is 22.8 Å². The molecule has 2 aliphatic heterocycles. The second-order valence-electron chi connectivity index (χ2n) is 10.7. The van der Waals surface area contributed by atoms with Crippen molar-refractivity contribution in [2.75, 3.05) is 19.8 Å². The fourth-order valence-corrected chi connectivity index (χ4v) is 5.87. The average molecular weight is 539 g/mol. The monoisotopic (exact) mass is 538 g/mol. The van der Waals surface area contributed by atoms with E-state index in [2.05, 4.69) is 35.0 Å². The molecule has 0 bridgehead atoms. The number of carboxylic acid groups (broad SMARTS) is 1. The lowest BCUT2D eigenvalue weighted by Gasteiger charge is -2.34. The summed E-state index contributed by atoms with van der Waals surface area (Å²) in [7, 11) is 0. The maximum atomic E-state index is 11.5. The van der Waals surface area contributed by atoms with Crippen LogP contribution in [0.2, 0.25) is 0 Å². The number of aryl methyl sites for hydroxylation is 1. The van der Waals surface area contributed by atoms with Crippen LogP contribution in [0.1, 0.15) is 50.4 Å². The predicted octanol–water partition coefficient (Wildman–Crippen LogP) is 5.28. The van der Waals surface area contributed by atoms with E-state index in [-0.39, 0.29) is 5.69 Å². The molecule has 1 N–H and O–H groups in total. The van der Waals surface area contributed by atoms with Crippen LogP contribution in [0.5, 0.6) is 5.75 Å². The minimum atomic E-state index is -1.06. The summed E-state index contributed by atoms with van der Waals surface area (Å²) in [5.41, 5.74) is 8.67. The lowest BCUT2D eigenvalue weighted by Crippen LogP contribution is -2.39. The summed E-state index contributed by atoms with van der Waals surface area (Å²) >= 11 is 0. The molecule has 0 radical (unpaired) electrons. The highest BCUT2D eigenvalue weighted by Crippen LogP contribution is 2.33. The Morgan fingerprint density at radius 2 is 2.02 bits per heavy atom. The van der Waals surface area contributed by atoms with Gasteiger partial charge in [-0.1, -0.05) is 29.8 Å². The normalized spacial score (nSPS) is 17.1. The van der Waals surface area contributed by atoms with Gasteiger partial charge in [0.15, 0.2) is 5.69 Å². The maximum Gasteiger partial charge on any atom is 0.356 e. The summed E-state index contributed by atoms with van der Waals surface area (Å²) in [5, 5.41) is 9.40. The lowest BCUT2D eigenvalue weighted by atomic mass is 9.91. The molecule has 1 saturated heterocycles. The van der Waals surface area contributed by atoms with Crippen molar-refractivity contribution in [3.05, 3.63) is 94.1 Å². The van der Waals surface area contributed by atoms with Gasteiger partial charge in [0.1, 0.15) is 24.5 Å². The van der Waals surface area contributed by atoms with E-state index in [1.54, 1.807) is 11.5 Å². The Hall–Kier alpha value is -4.01. The first-order valence-electron chi connectivity index (χ1n) is 13.8. The predicted molar refractivity (Wildman–Crippen MR) is 152 cm³/mol. The highest BCUT2D eigenvalue weighted by atomic mass is 16.5. The minimum Gasteiger partial charge on any atom is -0.488 e. The molecule has 8 heteroatoms. The quantitative estimate of drug-likeness (QED) is 0.342. The van der Waals surface area contributed by atoms with E-state index in [4.69, 9.17) is 14.5 Å². The van der Waals surface area contributed by atoms with Gasteiger partial charge in [0, 0.05) is 31.3 Å². The van der Waals surface area contributed by atoms with Crippen molar-refractivity contribution in [3.63, 3.8) is 0 Å². The molecule has 2 aromatic carbocycles. The number of hydrogen-bond donors (Lipinski definition) is 1. The van der Waals surface area contributed by atoms with Crippen molar-refractivity contribution in [1.82, 2.24) is 19.4 Å². The van der Waals surface area contributed by atoms with Crippen molar-refractivity contribution >= 4 is 5.97 Å². The van der Waals surface area contributed by atoms with Gasteiger partial charge >= 0.3 is 5.97 Å². The number of imidazole rings is 1. The third-order valence-corrected chi connectivity index (χ3v) is 8.24. The molecular weight excluding hydrogens is 504 g/mol. The van der Waals surface area contributed by atoms with Gasteiger partial charge in [-0.15, -0.1) is 0 Å². The topological polar surface area (TPSA) is 89.7 Å². The Labute approximate surface area is 234 Å². The number of benzene rings is 2. The molecule has 4 heterocycles. The largest absolute Gasteiger partial charge is 0.488 e. The van der Waals surface area contributed by atoms with E-state index in [0.29, 0.717) is 24.2 Å². The van der Waals surface area contributed by atoms with E-state index in [1.807, 2.05) is 37.3 Å². The molecule has 1 fully saturated rings. The van der Waals surface area contributed by atoms with Crippen molar-refractivity contribution in [2.45, 2.75) is 52.8 Å². The first kappa shape index (κ1) is 26.2. The van der Waals surface area contributed by atoms with Crippen LogP contribution in [0.3, 0.4) is 0 Å². The SMILES string of the molecule is Cc1ccc(OCc2ccc3c(c2C)CCN(C2CCOC2)C3)c(-c2cccc(-n3cnc(C(=O)O)c3C)n2)c1. The van der Waals surface area contributed by atoms with Crippen LogP contribution in [-0.4, -0.2) is 56.3 Å².